The molecule has 112 valence electrons. The van der Waals surface area contributed by atoms with Crippen LogP contribution in [0.4, 0.5) is 5.69 Å². The van der Waals surface area contributed by atoms with Crippen LogP contribution >= 0.6 is 11.6 Å². The Balaban J connectivity index is 2.46. The van der Waals surface area contributed by atoms with Gasteiger partial charge in [-0.25, -0.2) is 8.42 Å². The van der Waals surface area contributed by atoms with E-state index < -0.39 is 9.84 Å². The minimum absolute atomic E-state index is 0.0578. The Bertz CT molecular complexity index is 778. The van der Waals surface area contributed by atoms with Gasteiger partial charge in [-0.3, -0.25) is 0 Å². The van der Waals surface area contributed by atoms with E-state index in [0.29, 0.717) is 16.5 Å². The number of halogens is 1. The van der Waals surface area contributed by atoms with Crippen molar-refractivity contribution in [2.45, 2.75) is 18.7 Å². The first-order chi connectivity index (χ1) is 9.70. The Kier molecular flexibility index (Phi) is 4.16. The fourth-order valence-electron chi connectivity index (χ4n) is 2.03. The predicted molar refractivity (Wildman–Crippen MR) is 85.0 cm³/mol. The molecule has 6 heteroatoms. The molecule has 0 unspecified atom stereocenters. The molecule has 0 aliphatic heterocycles. The summed E-state index contributed by atoms with van der Waals surface area (Å²) in [6.07, 6.45) is 1.11. The van der Waals surface area contributed by atoms with Gasteiger partial charge in [0.25, 0.3) is 0 Å². The number of rotatable bonds is 3. The fourth-order valence-corrected chi connectivity index (χ4v) is 2.96. The molecule has 2 aromatic rings. The average molecular weight is 326 g/mol. The van der Waals surface area contributed by atoms with Crippen molar-refractivity contribution in [3.63, 3.8) is 0 Å². The minimum atomic E-state index is -3.40. The lowest BCUT2D eigenvalue weighted by Gasteiger charge is -2.13. The van der Waals surface area contributed by atoms with Gasteiger partial charge in [0.2, 0.25) is 0 Å². The predicted octanol–water partition coefficient (Wildman–Crippen LogP) is 3.73. The highest BCUT2D eigenvalue weighted by molar-refractivity contribution is 7.90. The lowest BCUT2D eigenvalue weighted by Crippen LogP contribution is -2.03. The quantitative estimate of drug-likeness (QED) is 0.873. The lowest BCUT2D eigenvalue weighted by atomic mass is 10.1. The first-order valence-electron chi connectivity index (χ1n) is 6.23. The molecule has 0 aromatic heterocycles. The fraction of sp³-hybridized carbons (Fsp3) is 0.200. The number of para-hydroxylation sites is 1. The summed E-state index contributed by atoms with van der Waals surface area (Å²) in [6.45, 7) is 3.75. The Hall–Kier alpha value is -1.72. The van der Waals surface area contributed by atoms with Crippen molar-refractivity contribution < 1.29 is 13.2 Å². The zero-order chi connectivity index (χ0) is 15.8. The molecule has 2 N–H and O–H groups in total. The van der Waals surface area contributed by atoms with Crippen molar-refractivity contribution in [3.8, 4) is 11.5 Å². The first-order valence-corrected chi connectivity index (χ1v) is 8.50. The summed E-state index contributed by atoms with van der Waals surface area (Å²) in [4.78, 5) is 0.0578. The van der Waals surface area contributed by atoms with E-state index in [0.717, 1.165) is 17.4 Å². The van der Waals surface area contributed by atoms with Crippen molar-refractivity contribution in [2.24, 2.45) is 0 Å². The van der Waals surface area contributed by atoms with Gasteiger partial charge in [-0.15, -0.1) is 0 Å². The zero-order valence-electron chi connectivity index (χ0n) is 12.0. The molecular formula is C15H16ClNO3S. The van der Waals surface area contributed by atoms with Crippen LogP contribution in [0.2, 0.25) is 5.02 Å². The second kappa shape index (κ2) is 5.58. The number of nitrogens with two attached hydrogens (primary N) is 1. The number of anilines is 1. The summed E-state index contributed by atoms with van der Waals surface area (Å²) >= 11 is 6.11. The smallest absolute Gasteiger partial charge is 0.177 e. The van der Waals surface area contributed by atoms with E-state index in [2.05, 4.69) is 0 Å². The van der Waals surface area contributed by atoms with Crippen molar-refractivity contribution in [1.29, 1.82) is 0 Å². The van der Waals surface area contributed by atoms with Crippen LogP contribution in [0.25, 0.3) is 0 Å². The number of ether oxygens (including phenoxy) is 1. The number of nitrogen functional groups attached to an aromatic ring is 1. The third-order valence-corrected chi connectivity index (χ3v) is 4.81. The van der Waals surface area contributed by atoms with Crippen LogP contribution < -0.4 is 10.5 Å². The monoisotopic (exact) mass is 325 g/mol. The molecule has 0 spiro atoms. The molecule has 21 heavy (non-hydrogen) atoms. The van der Waals surface area contributed by atoms with Crippen molar-refractivity contribution in [3.05, 3.63) is 46.5 Å². The molecule has 0 bridgehead atoms. The molecule has 0 radical (unpaired) electrons. The van der Waals surface area contributed by atoms with Crippen molar-refractivity contribution >= 4 is 27.1 Å². The summed E-state index contributed by atoms with van der Waals surface area (Å²) in [5.41, 5.74) is 7.75. The second-order valence-corrected chi connectivity index (χ2v) is 7.28. The number of sulfone groups is 1. The van der Waals surface area contributed by atoms with Gasteiger partial charge in [-0.2, -0.15) is 0 Å². The summed E-state index contributed by atoms with van der Waals surface area (Å²) in [5.74, 6) is 0.866. The van der Waals surface area contributed by atoms with Crippen LogP contribution in [0.3, 0.4) is 0 Å². The standard InChI is InChI=1S/C15H16ClNO3S/c1-9-7-11(8-10(2)14(9)16)20-12-5-4-6-13(15(12)17)21(3,18)19/h4-8H,17H2,1-3H3. The number of aryl methyl sites for hydroxylation is 2. The third-order valence-electron chi connectivity index (χ3n) is 3.06. The molecule has 0 aliphatic carbocycles. The molecule has 0 fully saturated rings. The maximum atomic E-state index is 11.7. The zero-order valence-corrected chi connectivity index (χ0v) is 13.5. The Labute approximate surface area is 129 Å². The van der Waals surface area contributed by atoms with Crippen molar-refractivity contribution in [2.75, 3.05) is 12.0 Å². The largest absolute Gasteiger partial charge is 0.455 e. The van der Waals surface area contributed by atoms with E-state index >= 15 is 0 Å². The highest BCUT2D eigenvalue weighted by atomic mass is 35.5. The highest BCUT2D eigenvalue weighted by Crippen LogP contribution is 2.34. The van der Waals surface area contributed by atoms with Gasteiger partial charge in [-0.1, -0.05) is 17.7 Å². The first kappa shape index (κ1) is 15.7. The summed E-state index contributed by atoms with van der Waals surface area (Å²) in [7, 11) is -3.40. The van der Waals surface area contributed by atoms with Crippen LogP contribution in [0.1, 0.15) is 11.1 Å². The lowest BCUT2D eigenvalue weighted by molar-refractivity contribution is 0.482. The molecule has 0 saturated heterocycles. The van der Waals surface area contributed by atoms with E-state index in [1.54, 1.807) is 24.3 Å². The maximum Gasteiger partial charge on any atom is 0.177 e. The Morgan fingerprint density at radius 1 is 1.14 bits per heavy atom. The highest BCUT2D eigenvalue weighted by Gasteiger charge is 2.15. The van der Waals surface area contributed by atoms with Gasteiger partial charge in [0.05, 0.1) is 10.6 Å². The Morgan fingerprint density at radius 3 is 2.24 bits per heavy atom. The average Bonchev–Trinajstić information content (AvgIpc) is 2.37. The second-order valence-electron chi connectivity index (χ2n) is 4.91. The molecular weight excluding hydrogens is 310 g/mol. The number of benzene rings is 2. The van der Waals surface area contributed by atoms with Crippen LogP contribution in [0.15, 0.2) is 35.2 Å². The van der Waals surface area contributed by atoms with Gasteiger partial charge in [0, 0.05) is 11.3 Å². The van der Waals surface area contributed by atoms with E-state index in [1.807, 2.05) is 13.8 Å². The summed E-state index contributed by atoms with van der Waals surface area (Å²) in [5, 5.41) is 0.681. The molecule has 0 saturated carbocycles. The van der Waals surface area contributed by atoms with Crippen LogP contribution in [-0.4, -0.2) is 14.7 Å². The molecule has 2 aromatic carbocycles. The summed E-state index contributed by atoms with van der Waals surface area (Å²) < 4.78 is 29.0. The van der Waals surface area contributed by atoms with Crippen LogP contribution in [0, 0.1) is 13.8 Å². The van der Waals surface area contributed by atoms with Gasteiger partial charge < -0.3 is 10.5 Å². The van der Waals surface area contributed by atoms with Crippen LogP contribution in [-0.2, 0) is 9.84 Å². The van der Waals surface area contributed by atoms with Gasteiger partial charge in [0.15, 0.2) is 15.6 Å². The normalized spacial score (nSPS) is 11.4. The third kappa shape index (κ3) is 3.31. The molecule has 0 heterocycles. The molecule has 0 amide bonds. The van der Waals surface area contributed by atoms with Crippen molar-refractivity contribution in [1.82, 2.24) is 0 Å². The Morgan fingerprint density at radius 2 is 1.71 bits per heavy atom. The van der Waals surface area contributed by atoms with Gasteiger partial charge in [0.1, 0.15) is 5.75 Å². The van der Waals surface area contributed by atoms with Gasteiger partial charge >= 0.3 is 0 Å². The molecule has 2 rings (SSSR count). The minimum Gasteiger partial charge on any atom is -0.455 e. The molecule has 0 aliphatic rings. The maximum absolute atomic E-state index is 11.7. The number of hydrogen-bond donors (Lipinski definition) is 1. The topological polar surface area (TPSA) is 69.4 Å². The summed E-state index contributed by atoms with van der Waals surface area (Å²) in [6, 6.07) is 8.24. The molecule has 0 atom stereocenters. The van der Waals surface area contributed by atoms with Crippen LogP contribution in [0.5, 0.6) is 11.5 Å². The van der Waals surface area contributed by atoms with E-state index in [1.165, 1.54) is 6.07 Å². The number of hydrogen-bond acceptors (Lipinski definition) is 4. The SMILES string of the molecule is Cc1cc(Oc2cccc(S(C)(=O)=O)c2N)cc(C)c1Cl. The molecule has 4 nitrogen and oxygen atoms in total. The van der Waals surface area contributed by atoms with E-state index in [-0.39, 0.29) is 10.6 Å². The van der Waals surface area contributed by atoms with E-state index in [4.69, 9.17) is 22.1 Å². The van der Waals surface area contributed by atoms with Gasteiger partial charge in [-0.05, 0) is 49.2 Å². The van der Waals surface area contributed by atoms with E-state index in [9.17, 15) is 8.42 Å².